The number of nitrogens with one attached hydrogen (secondary N) is 1. The molecule has 0 heterocycles. The monoisotopic (exact) mass is 235 g/mol. The second kappa shape index (κ2) is 8.91. The van der Waals surface area contributed by atoms with Crippen LogP contribution in [0.4, 0.5) is 5.69 Å². The Hall–Kier alpha value is -1.18. The largest absolute Gasteiger partial charge is 0.494 e. The summed E-state index contributed by atoms with van der Waals surface area (Å²) in [5.74, 6) is 0.970. The minimum atomic E-state index is 0.838. The molecular weight excluding hydrogens is 210 g/mol. The Morgan fingerprint density at radius 3 is 2.24 bits per heavy atom. The predicted molar refractivity (Wildman–Crippen MR) is 74.9 cm³/mol. The summed E-state index contributed by atoms with van der Waals surface area (Å²) < 4.78 is 5.68. The zero-order chi connectivity index (χ0) is 12.3. The Morgan fingerprint density at radius 1 is 0.941 bits per heavy atom. The van der Waals surface area contributed by atoms with E-state index in [-0.39, 0.29) is 0 Å². The highest BCUT2D eigenvalue weighted by Crippen LogP contribution is 2.15. The number of anilines is 1. The van der Waals surface area contributed by atoms with Gasteiger partial charge in [0.15, 0.2) is 0 Å². The normalized spacial score (nSPS) is 10.2. The molecule has 0 aliphatic rings. The van der Waals surface area contributed by atoms with E-state index in [4.69, 9.17) is 4.74 Å². The number of ether oxygens (including phenoxy) is 1. The standard InChI is InChI=1S/C15H25NO/c1-3-4-5-6-7-8-13-17-15-11-9-14(16-2)10-12-15/h9-12,16H,3-8,13H2,1-2H3. The molecule has 0 aromatic heterocycles. The highest BCUT2D eigenvalue weighted by molar-refractivity contribution is 5.45. The van der Waals surface area contributed by atoms with Gasteiger partial charge in [-0.05, 0) is 30.7 Å². The minimum absolute atomic E-state index is 0.838. The van der Waals surface area contributed by atoms with Crippen LogP contribution in [0.1, 0.15) is 45.4 Å². The highest BCUT2D eigenvalue weighted by Gasteiger charge is 1.94. The predicted octanol–water partition coefficient (Wildman–Crippen LogP) is 4.47. The molecule has 0 aliphatic carbocycles. The van der Waals surface area contributed by atoms with Crippen LogP contribution in [0.5, 0.6) is 5.75 Å². The van der Waals surface area contributed by atoms with E-state index in [1.165, 1.54) is 32.1 Å². The fourth-order valence-electron chi connectivity index (χ4n) is 1.79. The molecule has 0 unspecified atom stereocenters. The van der Waals surface area contributed by atoms with Gasteiger partial charge in [0.05, 0.1) is 6.61 Å². The van der Waals surface area contributed by atoms with Crippen LogP contribution >= 0.6 is 0 Å². The van der Waals surface area contributed by atoms with Gasteiger partial charge < -0.3 is 10.1 Å². The van der Waals surface area contributed by atoms with Crippen molar-refractivity contribution < 1.29 is 4.74 Å². The Bertz CT molecular complexity index is 281. The van der Waals surface area contributed by atoms with Crippen LogP contribution in [0.15, 0.2) is 24.3 Å². The number of rotatable bonds is 9. The van der Waals surface area contributed by atoms with Crippen molar-refractivity contribution in [3.63, 3.8) is 0 Å². The summed E-state index contributed by atoms with van der Waals surface area (Å²) in [6.45, 7) is 3.09. The first-order valence-electron chi connectivity index (χ1n) is 6.77. The summed E-state index contributed by atoms with van der Waals surface area (Å²) in [5.41, 5.74) is 1.12. The first-order valence-corrected chi connectivity index (χ1v) is 6.77. The maximum Gasteiger partial charge on any atom is 0.119 e. The summed E-state index contributed by atoms with van der Waals surface area (Å²) in [6, 6.07) is 8.11. The van der Waals surface area contributed by atoms with E-state index in [1.807, 2.05) is 31.3 Å². The molecule has 0 spiro atoms. The summed E-state index contributed by atoms with van der Waals surface area (Å²) in [5, 5.41) is 3.09. The lowest BCUT2D eigenvalue weighted by Crippen LogP contribution is -1.97. The van der Waals surface area contributed by atoms with Gasteiger partial charge in [0, 0.05) is 12.7 Å². The van der Waals surface area contributed by atoms with Crippen molar-refractivity contribution in [3.05, 3.63) is 24.3 Å². The first-order chi connectivity index (χ1) is 8.36. The molecule has 0 aliphatic heterocycles. The van der Waals surface area contributed by atoms with Crippen LogP contribution in [0.3, 0.4) is 0 Å². The molecule has 0 atom stereocenters. The molecule has 2 nitrogen and oxygen atoms in total. The van der Waals surface area contributed by atoms with Crippen LogP contribution < -0.4 is 10.1 Å². The van der Waals surface area contributed by atoms with Gasteiger partial charge in [0.25, 0.3) is 0 Å². The van der Waals surface area contributed by atoms with Gasteiger partial charge in [-0.15, -0.1) is 0 Å². The van der Waals surface area contributed by atoms with Crippen molar-refractivity contribution in [2.75, 3.05) is 19.0 Å². The Kier molecular flexibility index (Phi) is 7.28. The third kappa shape index (κ3) is 6.20. The second-order valence-electron chi connectivity index (χ2n) is 4.39. The van der Waals surface area contributed by atoms with E-state index in [9.17, 15) is 0 Å². The molecule has 0 radical (unpaired) electrons. The Labute approximate surface area is 105 Å². The average Bonchev–Trinajstić information content (AvgIpc) is 2.38. The molecule has 0 saturated heterocycles. The van der Waals surface area contributed by atoms with Gasteiger partial charge in [-0.2, -0.15) is 0 Å². The lowest BCUT2D eigenvalue weighted by Gasteiger charge is -2.07. The molecule has 17 heavy (non-hydrogen) atoms. The van der Waals surface area contributed by atoms with Crippen molar-refractivity contribution in [1.29, 1.82) is 0 Å². The van der Waals surface area contributed by atoms with E-state index in [2.05, 4.69) is 12.2 Å². The molecule has 96 valence electrons. The molecule has 0 fully saturated rings. The van der Waals surface area contributed by atoms with E-state index in [0.717, 1.165) is 24.5 Å². The minimum Gasteiger partial charge on any atom is -0.494 e. The molecule has 0 saturated carbocycles. The quantitative estimate of drug-likeness (QED) is 0.638. The van der Waals surface area contributed by atoms with Gasteiger partial charge in [-0.1, -0.05) is 39.0 Å². The Balaban J connectivity index is 2.05. The smallest absolute Gasteiger partial charge is 0.119 e. The molecule has 1 aromatic carbocycles. The number of hydrogen-bond donors (Lipinski definition) is 1. The number of hydrogen-bond acceptors (Lipinski definition) is 2. The second-order valence-corrected chi connectivity index (χ2v) is 4.39. The van der Waals surface area contributed by atoms with E-state index < -0.39 is 0 Å². The van der Waals surface area contributed by atoms with Gasteiger partial charge in [-0.25, -0.2) is 0 Å². The van der Waals surface area contributed by atoms with Gasteiger partial charge in [-0.3, -0.25) is 0 Å². The van der Waals surface area contributed by atoms with E-state index in [1.54, 1.807) is 0 Å². The third-order valence-corrected chi connectivity index (χ3v) is 2.91. The van der Waals surface area contributed by atoms with Crippen molar-refractivity contribution in [2.45, 2.75) is 45.4 Å². The maximum atomic E-state index is 5.68. The summed E-state index contributed by atoms with van der Waals surface area (Å²) in [7, 11) is 1.92. The molecular formula is C15H25NO. The van der Waals surface area contributed by atoms with Crippen LogP contribution in [0, 0.1) is 0 Å². The zero-order valence-corrected chi connectivity index (χ0v) is 11.2. The number of benzene rings is 1. The van der Waals surface area contributed by atoms with Crippen molar-refractivity contribution in [3.8, 4) is 5.75 Å². The summed E-state index contributed by atoms with van der Waals surface area (Å²) in [4.78, 5) is 0. The Morgan fingerprint density at radius 2 is 1.59 bits per heavy atom. The first kappa shape index (κ1) is 13.9. The lowest BCUT2D eigenvalue weighted by molar-refractivity contribution is 0.304. The fourth-order valence-corrected chi connectivity index (χ4v) is 1.79. The summed E-state index contributed by atoms with van der Waals surface area (Å²) >= 11 is 0. The van der Waals surface area contributed by atoms with Crippen molar-refractivity contribution >= 4 is 5.69 Å². The molecule has 1 rings (SSSR count). The summed E-state index contributed by atoms with van der Waals surface area (Å²) in [6.07, 6.45) is 7.84. The van der Waals surface area contributed by atoms with Crippen LogP contribution in [0.2, 0.25) is 0 Å². The topological polar surface area (TPSA) is 21.3 Å². The van der Waals surface area contributed by atoms with Crippen LogP contribution in [0.25, 0.3) is 0 Å². The highest BCUT2D eigenvalue weighted by atomic mass is 16.5. The van der Waals surface area contributed by atoms with Crippen LogP contribution in [-0.4, -0.2) is 13.7 Å². The third-order valence-electron chi connectivity index (χ3n) is 2.91. The number of unbranched alkanes of at least 4 members (excludes halogenated alkanes) is 5. The molecule has 2 heteroatoms. The average molecular weight is 235 g/mol. The maximum absolute atomic E-state index is 5.68. The van der Waals surface area contributed by atoms with Gasteiger partial charge >= 0.3 is 0 Å². The molecule has 0 amide bonds. The zero-order valence-electron chi connectivity index (χ0n) is 11.2. The molecule has 1 aromatic rings. The SMILES string of the molecule is CCCCCCCCOc1ccc(NC)cc1. The van der Waals surface area contributed by atoms with Crippen molar-refractivity contribution in [1.82, 2.24) is 0 Å². The molecule has 1 N–H and O–H groups in total. The lowest BCUT2D eigenvalue weighted by atomic mass is 10.1. The van der Waals surface area contributed by atoms with Gasteiger partial charge in [0.1, 0.15) is 5.75 Å². The fraction of sp³-hybridized carbons (Fsp3) is 0.600. The van der Waals surface area contributed by atoms with Crippen LogP contribution in [-0.2, 0) is 0 Å². The van der Waals surface area contributed by atoms with Crippen molar-refractivity contribution in [2.24, 2.45) is 0 Å². The van der Waals surface area contributed by atoms with E-state index in [0.29, 0.717) is 0 Å². The molecule has 0 bridgehead atoms. The van der Waals surface area contributed by atoms with E-state index >= 15 is 0 Å². The van der Waals surface area contributed by atoms with Gasteiger partial charge in [0.2, 0.25) is 0 Å².